The Morgan fingerprint density at radius 1 is 1.31 bits per heavy atom. The van der Waals surface area contributed by atoms with Gasteiger partial charge in [-0.3, -0.25) is 9.59 Å². The SMILES string of the molecule is NC(=O)C1(O)c2c(C(=O)OCC3CCC3)c(Nc3ccc(Br)cc3F)cc(=O)n2CC1O. The van der Waals surface area contributed by atoms with E-state index in [9.17, 15) is 29.0 Å². The van der Waals surface area contributed by atoms with Crippen LogP contribution in [0.3, 0.4) is 0 Å². The number of pyridine rings is 1. The third-order valence-electron chi connectivity index (χ3n) is 5.96. The molecule has 0 radical (unpaired) electrons. The minimum absolute atomic E-state index is 0.0632. The van der Waals surface area contributed by atoms with E-state index in [1.165, 1.54) is 12.1 Å². The number of aliphatic hydroxyl groups excluding tert-OH is 1. The summed E-state index contributed by atoms with van der Waals surface area (Å²) in [5.41, 5.74) is 0.810. The van der Waals surface area contributed by atoms with Crippen LogP contribution in [0.15, 0.2) is 33.5 Å². The van der Waals surface area contributed by atoms with E-state index >= 15 is 0 Å². The molecule has 2 aromatic rings. The van der Waals surface area contributed by atoms with Crippen molar-refractivity contribution in [2.75, 3.05) is 11.9 Å². The number of esters is 1. The van der Waals surface area contributed by atoms with Crippen molar-refractivity contribution in [1.82, 2.24) is 4.57 Å². The van der Waals surface area contributed by atoms with Crippen LogP contribution in [0.4, 0.5) is 15.8 Å². The first-order valence-electron chi connectivity index (χ1n) is 10.0. The van der Waals surface area contributed by atoms with Gasteiger partial charge in [-0.05, 0) is 37.0 Å². The number of ether oxygens (including phenoxy) is 1. The maximum atomic E-state index is 14.4. The van der Waals surface area contributed by atoms with Gasteiger partial charge in [-0.2, -0.15) is 0 Å². The number of fused-ring (bicyclic) bond motifs is 1. The first-order chi connectivity index (χ1) is 15.1. The normalized spacial score (nSPS) is 22.2. The second-order valence-corrected chi connectivity index (χ2v) is 8.94. The molecule has 32 heavy (non-hydrogen) atoms. The predicted octanol–water partition coefficient (Wildman–Crippen LogP) is 1.50. The molecule has 1 aromatic carbocycles. The van der Waals surface area contributed by atoms with Crippen LogP contribution in [0, 0.1) is 11.7 Å². The van der Waals surface area contributed by atoms with Gasteiger partial charge in [0.05, 0.1) is 30.2 Å². The monoisotopic (exact) mass is 509 g/mol. The molecule has 1 aromatic heterocycles. The lowest BCUT2D eigenvalue weighted by Crippen LogP contribution is -2.48. The second-order valence-electron chi connectivity index (χ2n) is 8.02. The fraction of sp³-hybridized carbons (Fsp3) is 0.381. The highest BCUT2D eigenvalue weighted by Gasteiger charge is 2.54. The number of nitrogens with two attached hydrogens (primary N) is 1. The number of carbonyl (C=O) groups is 2. The van der Waals surface area contributed by atoms with E-state index in [4.69, 9.17) is 10.5 Å². The van der Waals surface area contributed by atoms with Crippen molar-refractivity contribution in [3.63, 3.8) is 0 Å². The van der Waals surface area contributed by atoms with Gasteiger partial charge < -0.3 is 30.6 Å². The molecule has 2 unspecified atom stereocenters. The number of rotatable bonds is 6. The van der Waals surface area contributed by atoms with Crippen molar-refractivity contribution in [2.45, 2.75) is 37.5 Å². The minimum atomic E-state index is -2.71. The van der Waals surface area contributed by atoms with Crippen LogP contribution in [-0.2, 0) is 21.7 Å². The molecule has 1 fully saturated rings. The molecule has 0 bridgehead atoms. The van der Waals surface area contributed by atoms with Crippen molar-refractivity contribution in [3.8, 4) is 0 Å². The van der Waals surface area contributed by atoms with E-state index in [0.29, 0.717) is 4.47 Å². The van der Waals surface area contributed by atoms with E-state index in [2.05, 4.69) is 21.2 Å². The lowest BCUT2D eigenvalue weighted by atomic mass is 9.86. The van der Waals surface area contributed by atoms with Crippen LogP contribution < -0.4 is 16.6 Å². The van der Waals surface area contributed by atoms with Gasteiger partial charge >= 0.3 is 5.97 Å². The molecular formula is C21H21BrFN3O6. The average Bonchev–Trinajstić information content (AvgIpc) is 2.96. The van der Waals surface area contributed by atoms with E-state index in [-0.39, 0.29) is 29.5 Å². The first-order valence-corrected chi connectivity index (χ1v) is 10.8. The molecule has 11 heteroatoms. The molecule has 1 aliphatic carbocycles. The van der Waals surface area contributed by atoms with Crippen LogP contribution in [0.5, 0.6) is 0 Å². The Morgan fingerprint density at radius 2 is 2.03 bits per heavy atom. The summed E-state index contributed by atoms with van der Waals surface area (Å²) < 4.78 is 21.2. The van der Waals surface area contributed by atoms with Gasteiger partial charge in [0.1, 0.15) is 17.5 Å². The number of aromatic nitrogens is 1. The number of hydrogen-bond acceptors (Lipinski definition) is 7. The Labute approximate surface area is 190 Å². The van der Waals surface area contributed by atoms with Gasteiger partial charge in [-0.15, -0.1) is 0 Å². The lowest BCUT2D eigenvalue weighted by Gasteiger charge is -2.27. The van der Waals surface area contributed by atoms with Crippen LogP contribution in [-0.4, -0.2) is 39.4 Å². The Hall–Kier alpha value is -2.76. The summed E-state index contributed by atoms with van der Waals surface area (Å²) in [5, 5.41) is 24.0. The summed E-state index contributed by atoms with van der Waals surface area (Å²) in [6, 6.07) is 5.12. The zero-order valence-electron chi connectivity index (χ0n) is 16.8. The molecule has 0 spiro atoms. The van der Waals surface area contributed by atoms with Crippen LogP contribution in [0.25, 0.3) is 0 Å². The molecule has 5 N–H and O–H groups in total. The number of amides is 1. The van der Waals surface area contributed by atoms with E-state index in [1.807, 2.05) is 0 Å². The maximum Gasteiger partial charge on any atom is 0.342 e. The first kappa shape index (κ1) is 22.4. The Bertz CT molecular complexity index is 1160. The largest absolute Gasteiger partial charge is 0.462 e. The van der Waals surface area contributed by atoms with E-state index in [1.54, 1.807) is 6.07 Å². The number of halogens is 2. The van der Waals surface area contributed by atoms with E-state index < -0.39 is 47.2 Å². The molecule has 2 aliphatic rings. The topological polar surface area (TPSA) is 144 Å². The maximum absolute atomic E-state index is 14.4. The standard InChI is InChI=1S/C21H21BrFN3O6/c22-11-4-5-13(12(23)6-11)25-14-7-16(28)26-8-15(27)21(31,20(24)30)18(26)17(14)19(29)32-9-10-2-1-3-10/h4-7,10,15,25,27,31H,1-3,8-9H2,(H2,24,30). The third-order valence-corrected chi connectivity index (χ3v) is 6.46. The summed E-state index contributed by atoms with van der Waals surface area (Å²) >= 11 is 3.15. The highest BCUT2D eigenvalue weighted by atomic mass is 79.9. The fourth-order valence-electron chi connectivity index (χ4n) is 3.93. The highest BCUT2D eigenvalue weighted by molar-refractivity contribution is 9.10. The summed E-state index contributed by atoms with van der Waals surface area (Å²) in [6.07, 6.45) is 1.07. The van der Waals surface area contributed by atoms with Gasteiger partial charge in [-0.25, -0.2) is 9.18 Å². The summed E-state index contributed by atoms with van der Waals surface area (Å²) in [6.45, 7) is -0.343. The second kappa shape index (κ2) is 8.30. The van der Waals surface area contributed by atoms with Gasteiger partial charge in [0, 0.05) is 10.5 Å². The quantitative estimate of drug-likeness (QED) is 0.431. The molecule has 1 saturated carbocycles. The number of nitrogens with one attached hydrogen (secondary N) is 1. The number of benzene rings is 1. The Kier molecular flexibility index (Phi) is 5.82. The number of aliphatic hydroxyl groups is 2. The number of carbonyl (C=O) groups excluding carboxylic acids is 2. The Morgan fingerprint density at radius 3 is 2.62 bits per heavy atom. The number of anilines is 2. The number of nitrogens with zero attached hydrogens (tertiary/aromatic N) is 1. The number of hydrogen-bond donors (Lipinski definition) is 4. The van der Waals surface area contributed by atoms with E-state index in [0.717, 1.165) is 29.9 Å². The molecule has 2 atom stereocenters. The fourth-order valence-corrected chi connectivity index (χ4v) is 4.27. The van der Waals surface area contributed by atoms with Crippen molar-refractivity contribution in [3.05, 3.63) is 56.2 Å². The molecule has 4 rings (SSSR count). The molecule has 170 valence electrons. The highest BCUT2D eigenvalue weighted by Crippen LogP contribution is 2.38. The van der Waals surface area contributed by atoms with Gasteiger partial charge in [-0.1, -0.05) is 22.4 Å². The van der Waals surface area contributed by atoms with Gasteiger partial charge in [0.15, 0.2) is 0 Å². The average molecular weight is 510 g/mol. The summed E-state index contributed by atoms with van der Waals surface area (Å²) in [7, 11) is 0. The smallest absolute Gasteiger partial charge is 0.342 e. The molecule has 1 amide bonds. The van der Waals surface area contributed by atoms with Crippen molar-refractivity contribution >= 4 is 39.2 Å². The van der Waals surface area contributed by atoms with Crippen LogP contribution in [0.2, 0.25) is 0 Å². The zero-order valence-corrected chi connectivity index (χ0v) is 18.4. The zero-order chi connectivity index (χ0) is 23.2. The minimum Gasteiger partial charge on any atom is -0.462 e. The summed E-state index contributed by atoms with van der Waals surface area (Å²) in [4.78, 5) is 37.9. The molecular weight excluding hydrogens is 489 g/mol. The van der Waals surface area contributed by atoms with Crippen LogP contribution >= 0.6 is 15.9 Å². The van der Waals surface area contributed by atoms with Crippen LogP contribution in [0.1, 0.15) is 35.3 Å². The van der Waals surface area contributed by atoms with Gasteiger partial charge in [0.2, 0.25) is 5.60 Å². The van der Waals surface area contributed by atoms with Crippen molar-refractivity contribution in [1.29, 1.82) is 0 Å². The Balaban J connectivity index is 1.86. The van der Waals surface area contributed by atoms with Gasteiger partial charge in [0.25, 0.3) is 11.5 Å². The van der Waals surface area contributed by atoms with Crippen molar-refractivity contribution < 1.29 is 28.9 Å². The summed E-state index contributed by atoms with van der Waals surface area (Å²) in [5.74, 6) is -2.76. The van der Waals surface area contributed by atoms with Crippen molar-refractivity contribution in [2.24, 2.45) is 11.7 Å². The molecule has 1 aliphatic heterocycles. The number of primary amides is 1. The lowest BCUT2D eigenvalue weighted by molar-refractivity contribution is -0.148. The third kappa shape index (κ3) is 3.70. The molecule has 0 saturated heterocycles. The predicted molar refractivity (Wildman–Crippen MR) is 115 cm³/mol. The molecule has 9 nitrogen and oxygen atoms in total. The molecule has 2 heterocycles.